The number of carbonyl (C=O) groups excluding carboxylic acids is 2. The summed E-state index contributed by atoms with van der Waals surface area (Å²) in [7, 11) is 0. The molecule has 1 aromatic carbocycles. The Labute approximate surface area is 101 Å². The number of benzene rings is 1. The number of rotatable bonds is 3. The van der Waals surface area contributed by atoms with Crippen LogP contribution in [0, 0.1) is 0 Å². The summed E-state index contributed by atoms with van der Waals surface area (Å²) in [5, 5.41) is 5.69. The van der Waals surface area contributed by atoms with Gasteiger partial charge in [-0.05, 0) is 11.5 Å². The van der Waals surface area contributed by atoms with E-state index in [9.17, 15) is 9.59 Å². The molecule has 0 aliphatic carbocycles. The third-order valence-corrected chi connectivity index (χ3v) is 2.64. The molecule has 0 unspecified atom stereocenters. The molecule has 1 heterocycles. The zero-order valence-corrected chi connectivity index (χ0v) is 9.40. The van der Waals surface area contributed by atoms with Gasteiger partial charge in [-0.1, -0.05) is 28.8 Å². The Morgan fingerprint density at radius 3 is 2.47 bits per heavy atom. The zero-order chi connectivity index (χ0) is 12.3. The summed E-state index contributed by atoms with van der Waals surface area (Å²) in [5.74, 6) is 3.37. The highest BCUT2D eigenvalue weighted by atomic mass is 32.1. The minimum Gasteiger partial charge on any atom is -0.287 e. The SMILES string of the molecule is NNC(=O)C(=O)c1ccc(-c2csnn2)cc1. The van der Waals surface area contributed by atoms with Crippen molar-refractivity contribution in [2.24, 2.45) is 5.84 Å². The summed E-state index contributed by atoms with van der Waals surface area (Å²) in [4.78, 5) is 22.5. The van der Waals surface area contributed by atoms with Crippen LogP contribution in [-0.2, 0) is 4.79 Å². The largest absolute Gasteiger partial charge is 0.306 e. The Kier molecular flexibility index (Phi) is 3.22. The van der Waals surface area contributed by atoms with Gasteiger partial charge >= 0.3 is 5.91 Å². The smallest absolute Gasteiger partial charge is 0.287 e. The van der Waals surface area contributed by atoms with E-state index >= 15 is 0 Å². The average Bonchev–Trinajstić information content (AvgIpc) is 2.91. The zero-order valence-electron chi connectivity index (χ0n) is 8.58. The summed E-state index contributed by atoms with van der Waals surface area (Å²) >= 11 is 1.24. The fourth-order valence-corrected chi connectivity index (χ4v) is 1.74. The lowest BCUT2D eigenvalue weighted by atomic mass is 10.1. The summed E-state index contributed by atoms with van der Waals surface area (Å²) in [6.45, 7) is 0. The standard InChI is InChI=1S/C10H8N4O2S/c11-12-10(16)9(15)7-3-1-6(2-4-7)8-5-17-14-13-8/h1-5H,11H2,(H,12,16). The molecule has 1 amide bonds. The Balaban J connectivity index is 2.25. The molecule has 0 aliphatic rings. The number of nitrogens with two attached hydrogens (primary N) is 1. The molecule has 0 aliphatic heterocycles. The molecule has 17 heavy (non-hydrogen) atoms. The van der Waals surface area contributed by atoms with Crippen molar-refractivity contribution in [2.45, 2.75) is 0 Å². The first-order valence-corrected chi connectivity index (χ1v) is 5.49. The van der Waals surface area contributed by atoms with Gasteiger partial charge in [-0.3, -0.25) is 15.0 Å². The van der Waals surface area contributed by atoms with E-state index in [1.165, 1.54) is 11.5 Å². The van der Waals surface area contributed by atoms with E-state index in [1.54, 1.807) is 35.1 Å². The van der Waals surface area contributed by atoms with E-state index in [0.717, 1.165) is 11.3 Å². The fraction of sp³-hybridized carbons (Fsp3) is 0. The van der Waals surface area contributed by atoms with Gasteiger partial charge in [-0.15, -0.1) is 5.10 Å². The predicted molar refractivity (Wildman–Crippen MR) is 62.0 cm³/mol. The number of aromatic nitrogens is 2. The van der Waals surface area contributed by atoms with Gasteiger partial charge in [0, 0.05) is 16.5 Å². The number of hydrogen-bond donors (Lipinski definition) is 2. The van der Waals surface area contributed by atoms with Crippen molar-refractivity contribution in [3.05, 3.63) is 35.2 Å². The number of hydrogen-bond acceptors (Lipinski definition) is 6. The maximum Gasteiger partial charge on any atom is 0.306 e. The molecule has 0 saturated heterocycles. The molecule has 2 aromatic rings. The minimum absolute atomic E-state index is 0.278. The van der Waals surface area contributed by atoms with Crippen LogP contribution in [0.2, 0.25) is 0 Å². The Morgan fingerprint density at radius 2 is 1.94 bits per heavy atom. The molecule has 0 radical (unpaired) electrons. The van der Waals surface area contributed by atoms with Gasteiger partial charge < -0.3 is 0 Å². The second-order valence-electron chi connectivity index (χ2n) is 3.17. The molecular formula is C10H8N4O2S. The fourth-order valence-electron chi connectivity index (χ4n) is 1.28. The van der Waals surface area contributed by atoms with Gasteiger partial charge in [-0.25, -0.2) is 5.84 Å². The molecular weight excluding hydrogens is 240 g/mol. The topological polar surface area (TPSA) is 98.0 Å². The molecule has 0 atom stereocenters. The average molecular weight is 248 g/mol. The quantitative estimate of drug-likeness (QED) is 0.269. The van der Waals surface area contributed by atoms with E-state index in [4.69, 9.17) is 5.84 Å². The minimum atomic E-state index is -0.840. The highest BCUT2D eigenvalue weighted by molar-refractivity contribution is 7.03. The normalized spacial score (nSPS) is 9.94. The van der Waals surface area contributed by atoms with Crippen molar-refractivity contribution in [1.82, 2.24) is 15.0 Å². The van der Waals surface area contributed by atoms with Gasteiger partial charge in [-0.2, -0.15) is 0 Å². The lowest BCUT2D eigenvalue weighted by Crippen LogP contribution is -2.36. The van der Waals surface area contributed by atoms with Gasteiger partial charge in [0.05, 0.1) is 0 Å². The highest BCUT2D eigenvalue weighted by Gasteiger charge is 2.14. The Bertz CT molecular complexity index is 536. The summed E-state index contributed by atoms with van der Waals surface area (Å²) in [5.41, 5.74) is 3.64. The van der Waals surface area contributed by atoms with Crippen LogP contribution in [0.5, 0.6) is 0 Å². The lowest BCUT2D eigenvalue weighted by Gasteiger charge is -2.00. The number of amides is 1. The van der Waals surface area contributed by atoms with Gasteiger partial charge in [0.2, 0.25) is 0 Å². The lowest BCUT2D eigenvalue weighted by molar-refractivity contribution is -0.117. The Morgan fingerprint density at radius 1 is 1.24 bits per heavy atom. The summed E-state index contributed by atoms with van der Waals surface area (Å²) in [6, 6.07) is 6.50. The molecule has 7 heteroatoms. The first-order valence-electron chi connectivity index (χ1n) is 4.65. The van der Waals surface area contributed by atoms with Crippen LogP contribution in [0.3, 0.4) is 0 Å². The van der Waals surface area contributed by atoms with Crippen molar-refractivity contribution < 1.29 is 9.59 Å². The van der Waals surface area contributed by atoms with E-state index < -0.39 is 11.7 Å². The second kappa shape index (κ2) is 4.81. The van der Waals surface area contributed by atoms with Crippen LogP contribution in [0.15, 0.2) is 29.6 Å². The summed E-state index contributed by atoms with van der Waals surface area (Å²) in [6.07, 6.45) is 0. The molecule has 0 spiro atoms. The van der Waals surface area contributed by atoms with Crippen molar-refractivity contribution in [2.75, 3.05) is 0 Å². The molecule has 0 bridgehead atoms. The van der Waals surface area contributed by atoms with Gasteiger partial charge in [0.1, 0.15) is 5.69 Å². The number of hydrazine groups is 1. The third kappa shape index (κ3) is 2.35. The van der Waals surface area contributed by atoms with Crippen molar-refractivity contribution in [3.63, 3.8) is 0 Å². The van der Waals surface area contributed by atoms with E-state index in [-0.39, 0.29) is 5.56 Å². The van der Waals surface area contributed by atoms with E-state index in [1.807, 2.05) is 0 Å². The molecule has 0 saturated carbocycles. The number of nitrogens with zero attached hydrogens (tertiary/aromatic N) is 2. The van der Waals surface area contributed by atoms with Crippen LogP contribution in [-0.4, -0.2) is 21.3 Å². The predicted octanol–water partition coefficient (Wildman–Crippen LogP) is 0.378. The van der Waals surface area contributed by atoms with Crippen LogP contribution < -0.4 is 11.3 Å². The number of Topliss-reactive ketones (excluding diaryl/α,β-unsaturated/α-hetero) is 1. The molecule has 3 N–H and O–H groups in total. The molecule has 0 fully saturated rings. The number of ketones is 1. The maximum absolute atomic E-state index is 11.5. The maximum atomic E-state index is 11.5. The van der Waals surface area contributed by atoms with Crippen molar-refractivity contribution in [3.8, 4) is 11.3 Å². The van der Waals surface area contributed by atoms with Crippen LogP contribution in [0.25, 0.3) is 11.3 Å². The molecule has 6 nitrogen and oxygen atoms in total. The van der Waals surface area contributed by atoms with Crippen molar-refractivity contribution in [1.29, 1.82) is 0 Å². The van der Waals surface area contributed by atoms with E-state index in [2.05, 4.69) is 9.59 Å². The highest BCUT2D eigenvalue weighted by Crippen LogP contribution is 2.18. The van der Waals surface area contributed by atoms with Gasteiger partial charge in [0.25, 0.3) is 5.78 Å². The Hall–Kier alpha value is -2.12. The van der Waals surface area contributed by atoms with Crippen LogP contribution in [0.1, 0.15) is 10.4 Å². The number of nitrogens with one attached hydrogen (secondary N) is 1. The van der Waals surface area contributed by atoms with Gasteiger partial charge in [0.15, 0.2) is 0 Å². The number of carbonyl (C=O) groups is 2. The molecule has 86 valence electrons. The first kappa shape index (κ1) is 11.4. The van der Waals surface area contributed by atoms with Crippen molar-refractivity contribution >= 4 is 23.2 Å². The second-order valence-corrected chi connectivity index (χ2v) is 3.78. The summed E-state index contributed by atoms with van der Waals surface area (Å²) < 4.78 is 3.74. The molecule has 1 aromatic heterocycles. The van der Waals surface area contributed by atoms with Crippen LogP contribution >= 0.6 is 11.5 Å². The van der Waals surface area contributed by atoms with Crippen LogP contribution in [0.4, 0.5) is 0 Å². The monoisotopic (exact) mass is 248 g/mol. The van der Waals surface area contributed by atoms with E-state index in [0.29, 0.717) is 0 Å². The third-order valence-electron chi connectivity index (χ3n) is 2.14. The molecule has 2 rings (SSSR count). The first-order chi connectivity index (χ1) is 8.22.